The molecular weight excluding hydrogens is 333 g/mol. The first-order chi connectivity index (χ1) is 10.0. The molecular formula is C14H8Cl3N3O. The van der Waals surface area contributed by atoms with E-state index in [-0.39, 0.29) is 5.91 Å². The number of hydrogen-bond donors (Lipinski definition) is 2. The van der Waals surface area contributed by atoms with Gasteiger partial charge in [-0.1, -0.05) is 34.8 Å². The van der Waals surface area contributed by atoms with Crippen molar-refractivity contribution in [3.05, 3.63) is 57.0 Å². The van der Waals surface area contributed by atoms with Crippen LogP contribution in [0.3, 0.4) is 0 Å². The van der Waals surface area contributed by atoms with Crippen molar-refractivity contribution in [2.24, 2.45) is 0 Å². The molecule has 2 N–H and O–H groups in total. The number of anilines is 1. The van der Waals surface area contributed by atoms with Gasteiger partial charge in [0.2, 0.25) is 0 Å². The summed E-state index contributed by atoms with van der Waals surface area (Å²) in [6, 6.07) is 9.87. The van der Waals surface area contributed by atoms with Crippen LogP contribution in [0.25, 0.3) is 10.9 Å². The van der Waals surface area contributed by atoms with Crippen LogP contribution in [0.1, 0.15) is 10.4 Å². The minimum Gasteiger partial charge on any atom is -0.305 e. The number of carbonyl (C=O) groups excluding carboxylic acids is 1. The highest BCUT2D eigenvalue weighted by Crippen LogP contribution is 2.25. The molecule has 0 saturated carbocycles. The number of aromatic amines is 1. The lowest BCUT2D eigenvalue weighted by atomic mass is 10.2. The van der Waals surface area contributed by atoms with E-state index in [1.807, 2.05) is 0 Å². The van der Waals surface area contributed by atoms with Crippen LogP contribution in [0, 0.1) is 0 Å². The molecule has 0 spiro atoms. The van der Waals surface area contributed by atoms with Crippen molar-refractivity contribution < 1.29 is 4.79 Å². The molecule has 0 radical (unpaired) electrons. The molecule has 21 heavy (non-hydrogen) atoms. The number of nitrogens with one attached hydrogen (secondary N) is 2. The van der Waals surface area contributed by atoms with E-state index in [1.54, 1.807) is 24.3 Å². The Morgan fingerprint density at radius 3 is 2.43 bits per heavy atom. The SMILES string of the molecule is O=C(Nc1n[nH]c2cc(Cl)ccc12)c1cc(Cl)cc(Cl)c1. The highest BCUT2D eigenvalue weighted by molar-refractivity contribution is 6.35. The Morgan fingerprint density at radius 2 is 1.71 bits per heavy atom. The number of aromatic nitrogens is 2. The van der Waals surface area contributed by atoms with Gasteiger partial charge in [-0.05, 0) is 36.4 Å². The number of nitrogens with zero attached hydrogens (tertiary/aromatic N) is 1. The second-order valence-electron chi connectivity index (χ2n) is 4.37. The molecule has 4 nitrogen and oxygen atoms in total. The highest BCUT2D eigenvalue weighted by Gasteiger charge is 2.12. The maximum atomic E-state index is 12.2. The zero-order valence-electron chi connectivity index (χ0n) is 10.5. The molecule has 0 unspecified atom stereocenters. The third kappa shape index (κ3) is 2.97. The summed E-state index contributed by atoms with van der Waals surface area (Å²) in [5, 5.41) is 11.7. The molecule has 0 saturated heterocycles. The van der Waals surface area contributed by atoms with Crippen LogP contribution in [0.15, 0.2) is 36.4 Å². The third-order valence-corrected chi connectivity index (χ3v) is 3.55. The van der Waals surface area contributed by atoms with Gasteiger partial charge in [-0.3, -0.25) is 9.89 Å². The molecule has 0 atom stereocenters. The number of H-pyrrole nitrogens is 1. The average molecular weight is 341 g/mol. The number of amides is 1. The number of rotatable bonds is 2. The molecule has 7 heteroatoms. The summed E-state index contributed by atoms with van der Waals surface area (Å²) in [5.41, 5.74) is 1.10. The normalized spacial score (nSPS) is 10.8. The van der Waals surface area contributed by atoms with E-state index >= 15 is 0 Å². The van der Waals surface area contributed by atoms with Crippen LogP contribution in [0.5, 0.6) is 0 Å². The third-order valence-electron chi connectivity index (χ3n) is 2.88. The molecule has 0 aliphatic carbocycles. The van der Waals surface area contributed by atoms with Crippen molar-refractivity contribution in [1.82, 2.24) is 10.2 Å². The van der Waals surface area contributed by atoms with E-state index in [2.05, 4.69) is 15.5 Å². The minimum absolute atomic E-state index is 0.345. The fourth-order valence-electron chi connectivity index (χ4n) is 1.95. The summed E-state index contributed by atoms with van der Waals surface area (Å²) in [5.74, 6) is 0.0746. The van der Waals surface area contributed by atoms with E-state index in [9.17, 15) is 4.79 Å². The molecule has 1 heterocycles. The zero-order chi connectivity index (χ0) is 15.0. The second-order valence-corrected chi connectivity index (χ2v) is 5.68. The van der Waals surface area contributed by atoms with Crippen LogP contribution in [-0.2, 0) is 0 Å². The molecule has 3 rings (SSSR count). The van der Waals surface area contributed by atoms with Crippen LogP contribution >= 0.6 is 34.8 Å². The molecule has 1 aromatic heterocycles. The lowest BCUT2D eigenvalue weighted by Crippen LogP contribution is -2.12. The van der Waals surface area contributed by atoms with Crippen LogP contribution in [-0.4, -0.2) is 16.1 Å². The van der Waals surface area contributed by atoms with Gasteiger partial charge >= 0.3 is 0 Å². The van der Waals surface area contributed by atoms with Crippen LogP contribution < -0.4 is 5.32 Å². The highest BCUT2D eigenvalue weighted by atomic mass is 35.5. The Balaban J connectivity index is 1.92. The van der Waals surface area contributed by atoms with Crippen molar-refractivity contribution in [2.45, 2.75) is 0 Å². The number of halogens is 3. The Bertz CT molecular complexity index is 824. The van der Waals surface area contributed by atoms with Crippen molar-refractivity contribution in [2.75, 3.05) is 5.32 Å². The maximum Gasteiger partial charge on any atom is 0.256 e. The summed E-state index contributed by atoms with van der Waals surface area (Å²) >= 11 is 17.7. The summed E-state index contributed by atoms with van der Waals surface area (Å²) < 4.78 is 0. The lowest BCUT2D eigenvalue weighted by molar-refractivity contribution is 0.102. The fourth-order valence-corrected chi connectivity index (χ4v) is 2.65. The quantitative estimate of drug-likeness (QED) is 0.705. The van der Waals surface area contributed by atoms with Crippen molar-refractivity contribution in [1.29, 1.82) is 0 Å². The van der Waals surface area contributed by atoms with Gasteiger partial charge in [-0.25, -0.2) is 0 Å². The Kier molecular flexibility index (Phi) is 3.76. The van der Waals surface area contributed by atoms with Gasteiger partial charge in [-0.15, -0.1) is 0 Å². The van der Waals surface area contributed by atoms with E-state index in [0.29, 0.717) is 26.4 Å². The summed E-state index contributed by atoms with van der Waals surface area (Å²) in [7, 11) is 0. The van der Waals surface area contributed by atoms with Gasteiger partial charge in [0, 0.05) is 26.0 Å². The number of benzene rings is 2. The maximum absolute atomic E-state index is 12.2. The summed E-state index contributed by atoms with van der Waals surface area (Å²) in [4.78, 5) is 12.2. The molecule has 2 aromatic carbocycles. The first kappa shape index (κ1) is 14.2. The lowest BCUT2D eigenvalue weighted by Gasteiger charge is -2.04. The number of fused-ring (bicyclic) bond motifs is 1. The zero-order valence-corrected chi connectivity index (χ0v) is 12.7. The molecule has 3 aromatic rings. The van der Waals surface area contributed by atoms with Gasteiger partial charge in [0.05, 0.1) is 5.52 Å². The van der Waals surface area contributed by atoms with Gasteiger partial charge in [0.15, 0.2) is 5.82 Å². The predicted octanol–water partition coefficient (Wildman–Crippen LogP) is 4.78. The van der Waals surface area contributed by atoms with E-state index in [1.165, 1.54) is 12.1 Å². The van der Waals surface area contributed by atoms with Gasteiger partial charge in [-0.2, -0.15) is 5.10 Å². The van der Waals surface area contributed by atoms with Crippen molar-refractivity contribution >= 4 is 57.4 Å². The number of carbonyl (C=O) groups is 1. The first-order valence-corrected chi connectivity index (χ1v) is 7.07. The smallest absolute Gasteiger partial charge is 0.256 e. The Morgan fingerprint density at radius 1 is 1.00 bits per heavy atom. The molecule has 1 amide bonds. The minimum atomic E-state index is -0.345. The van der Waals surface area contributed by atoms with Crippen LogP contribution in [0.4, 0.5) is 5.82 Å². The van der Waals surface area contributed by atoms with E-state index in [4.69, 9.17) is 34.8 Å². The molecule has 0 bridgehead atoms. The Labute approximate surface area is 135 Å². The van der Waals surface area contributed by atoms with E-state index in [0.717, 1.165) is 10.9 Å². The van der Waals surface area contributed by atoms with Crippen LogP contribution in [0.2, 0.25) is 15.1 Å². The number of hydrogen-bond acceptors (Lipinski definition) is 2. The van der Waals surface area contributed by atoms with Crippen molar-refractivity contribution in [3.8, 4) is 0 Å². The summed E-state index contributed by atoms with van der Waals surface area (Å²) in [6.45, 7) is 0. The molecule has 106 valence electrons. The fraction of sp³-hybridized carbons (Fsp3) is 0. The molecule has 0 aliphatic heterocycles. The monoisotopic (exact) mass is 339 g/mol. The molecule has 0 aliphatic rings. The van der Waals surface area contributed by atoms with E-state index < -0.39 is 0 Å². The van der Waals surface area contributed by atoms with Gasteiger partial charge < -0.3 is 5.32 Å². The van der Waals surface area contributed by atoms with Gasteiger partial charge in [0.1, 0.15) is 0 Å². The molecule has 0 fully saturated rings. The second kappa shape index (κ2) is 5.56. The summed E-state index contributed by atoms with van der Waals surface area (Å²) in [6.07, 6.45) is 0. The first-order valence-electron chi connectivity index (χ1n) is 5.94. The predicted molar refractivity (Wildman–Crippen MR) is 85.5 cm³/mol. The standard InChI is InChI=1S/C14H8Cl3N3O/c15-8-1-2-11-12(6-8)19-20-13(11)18-14(21)7-3-9(16)5-10(17)4-7/h1-6H,(H2,18,19,20,21). The van der Waals surface area contributed by atoms with Gasteiger partial charge in [0.25, 0.3) is 5.91 Å². The Hall–Kier alpha value is -1.75. The van der Waals surface area contributed by atoms with Crippen molar-refractivity contribution in [3.63, 3.8) is 0 Å². The largest absolute Gasteiger partial charge is 0.305 e. The topological polar surface area (TPSA) is 57.8 Å². The average Bonchev–Trinajstić information content (AvgIpc) is 2.80.